The minimum absolute atomic E-state index is 0.0558. The van der Waals surface area contributed by atoms with Crippen molar-refractivity contribution in [3.05, 3.63) is 40.9 Å². The van der Waals surface area contributed by atoms with E-state index >= 15 is 0 Å². The van der Waals surface area contributed by atoms with Crippen molar-refractivity contribution in [3.8, 4) is 10.6 Å². The number of likely N-dealkylation sites (N-methyl/N-ethyl adjacent to an activating group) is 1. The molecule has 0 aliphatic carbocycles. The number of nitrogens with one attached hydrogen (secondary N) is 1. The predicted octanol–water partition coefficient (Wildman–Crippen LogP) is 2.95. The minimum Gasteiger partial charge on any atom is -0.356 e. The number of hydrogen-bond donors (Lipinski definition) is 1. The van der Waals surface area contributed by atoms with Gasteiger partial charge < -0.3 is 15.1 Å². The summed E-state index contributed by atoms with van der Waals surface area (Å²) >= 11 is 1.62. The summed E-state index contributed by atoms with van der Waals surface area (Å²) < 4.78 is 0. The fraction of sp³-hybridized carbons (Fsp3) is 0.583. The van der Waals surface area contributed by atoms with Crippen LogP contribution in [0.2, 0.25) is 0 Å². The molecule has 1 aromatic heterocycles. The van der Waals surface area contributed by atoms with Gasteiger partial charge in [0.05, 0.1) is 12.1 Å². The maximum Gasteiger partial charge on any atom is 0.226 e. The second-order valence-electron chi connectivity index (χ2n) is 8.33. The Balaban J connectivity index is 1.48. The Morgan fingerprint density at radius 3 is 2.71 bits per heavy atom. The van der Waals surface area contributed by atoms with Crippen LogP contribution in [-0.2, 0) is 17.8 Å². The molecule has 1 aromatic carbocycles. The van der Waals surface area contributed by atoms with Crippen molar-refractivity contribution in [2.75, 3.05) is 59.4 Å². The van der Waals surface area contributed by atoms with Crippen molar-refractivity contribution in [3.63, 3.8) is 0 Å². The standard InChI is InChI=1S/C24H37N5OS/c1-4-28(5-2)11-7-10-25-23(30)17-22-19-31-24(26-22)21-9-6-8-20(16-21)18-29-14-12-27(3)13-15-29/h6,8-9,16,19H,4-5,7,10-15,17-18H2,1-3H3,(H,25,30). The van der Waals surface area contributed by atoms with E-state index in [0.717, 1.165) is 81.6 Å². The Labute approximate surface area is 191 Å². The number of rotatable bonds is 11. The summed E-state index contributed by atoms with van der Waals surface area (Å²) in [6, 6.07) is 8.67. The van der Waals surface area contributed by atoms with Gasteiger partial charge in [-0.3, -0.25) is 9.69 Å². The molecule has 3 rings (SSSR count). The third-order valence-corrected chi connectivity index (χ3v) is 6.88. The van der Waals surface area contributed by atoms with Gasteiger partial charge in [-0.2, -0.15) is 0 Å². The highest BCUT2D eigenvalue weighted by molar-refractivity contribution is 7.13. The van der Waals surface area contributed by atoms with Crippen LogP contribution in [0, 0.1) is 0 Å². The van der Waals surface area contributed by atoms with Crippen LogP contribution in [0.4, 0.5) is 0 Å². The Kier molecular flexibility index (Phi) is 9.46. The topological polar surface area (TPSA) is 51.7 Å². The first-order valence-electron chi connectivity index (χ1n) is 11.5. The van der Waals surface area contributed by atoms with Crippen LogP contribution in [0.1, 0.15) is 31.5 Å². The average Bonchev–Trinajstić information content (AvgIpc) is 3.24. The third kappa shape index (κ3) is 7.68. The number of piperazine rings is 1. The summed E-state index contributed by atoms with van der Waals surface area (Å²) in [4.78, 5) is 24.3. The highest BCUT2D eigenvalue weighted by atomic mass is 32.1. The number of thiazole rings is 1. The number of carbonyl (C=O) groups is 1. The van der Waals surface area contributed by atoms with Crippen LogP contribution < -0.4 is 5.32 Å². The van der Waals surface area contributed by atoms with E-state index in [0.29, 0.717) is 6.42 Å². The van der Waals surface area contributed by atoms with E-state index in [-0.39, 0.29) is 5.91 Å². The van der Waals surface area contributed by atoms with Crippen LogP contribution in [0.5, 0.6) is 0 Å². The van der Waals surface area contributed by atoms with E-state index in [2.05, 4.69) is 65.2 Å². The molecule has 1 aliphatic heterocycles. The van der Waals surface area contributed by atoms with Crippen molar-refractivity contribution in [2.24, 2.45) is 0 Å². The van der Waals surface area contributed by atoms with Gasteiger partial charge in [-0.1, -0.05) is 32.0 Å². The largest absolute Gasteiger partial charge is 0.356 e. The molecule has 1 amide bonds. The lowest BCUT2D eigenvalue weighted by molar-refractivity contribution is -0.120. The van der Waals surface area contributed by atoms with Gasteiger partial charge >= 0.3 is 0 Å². The third-order valence-electron chi connectivity index (χ3n) is 5.94. The Bertz CT molecular complexity index is 812. The van der Waals surface area contributed by atoms with Crippen molar-refractivity contribution >= 4 is 17.2 Å². The van der Waals surface area contributed by atoms with Crippen LogP contribution in [-0.4, -0.2) is 85.0 Å². The first-order chi connectivity index (χ1) is 15.1. The average molecular weight is 444 g/mol. The highest BCUT2D eigenvalue weighted by Crippen LogP contribution is 2.25. The summed E-state index contributed by atoms with van der Waals surface area (Å²) in [5, 5.41) is 6.03. The van der Waals surface area contributed by atoms with Gasteiger partial charge in [0.25, 0.3) is 0 Å². The van der Waals surface area contributed by atoms with Crippen molar-refractivity contribution < 1.29 is 4.79 Å². The van der Waals surface area contributed by atoms with Gasteiger partial charge in [0.2, 0.25) is 5.91 Å². The van der Waals surface area contributed by atoms with Crippen LogP contribution in [0.25, 0.3) is 10.6 Å². The van der Waals surface area contributed by atoms with Crippen LogP contribution in [0.15, 0.2) is 29.6 Å². The van der Waals surface area contributed by atoms with Gasteiger partial charge in [-0.05, 0) is 44.7 Å². The fourth-order valence-corrected chi connectivity index (χ4v) is 4.70. The zero-order valence-corrected chi connectivity index (χ0v) is 20.1. The number of aromatic nitrogens is 1. The molecule has 6 nitrogen and oxygen atoms in total. The molecule has 0 spiro atoms. The molecule has 1 N–H and O–H groups in total. The molecule has 0 atom stereocenters. The van der Waals surface area contributed by atoms with Gasteiger partial charge in [-0.25, -0.2) is 4.98 Å². The first kappa shape index (κ1) is 23.9. The lowest BCUT2D eigenvalue weighted by Crippen LogP contribution is -2.43. The van der Waals surface area contributed by atoms with E-state index in [1.165, 1.54) is 5.56 Å². The number of benzene rings is 1. The fourth-order valence-electron chi connectivity index (χ4n) is 3.88. The van der Waals surface area contributed by atoms with Gasteiger partial charge in [0.1, 0.15) is 5.01 Å². The van der Waals surface area contributed by atoms with Gasteiger partial charge in [0, 0.05) is 50.2 Å². The predicted molar refractivity (Wildman–Crippen MR) is 129 cm³/mol. The summed E-state index contributed by atoms with van der Waals surface area (Å²) in [6.45, 7) is 13.7. The maximum atomic E-state index is 12.3. The molecule has 1 aliphatic rings. The van der Waals surface area contributed by atoms with Crippen molar-refractivity contribution in [2.45, 2.75) is 33.2 Å². The summed E-state index contributed by atoms with van der Waals surface area (Å²) in [5.41, 5.74) is 3.32. The zero-order valence-electron chi connectivity index (χ0n) is 19.3. The summed E-state index contributed by atoms with van der Waals surface area (Å²) in [5.74, 6) is 0.0558. The Morgan fingerprint density at radius 2 is 1.97 bits per heavy atom. The molecule has 0 unspecified atom stereocenters. The van der Waals surface area contributed by atoms with E-state index in [9.17, 15) is 4.79 Å². The lowest BCUT2D eigenvalue weighted by atomic mass is 10.1. The molecule has 7 heteroatoms. The van der Waals surface area contributed by atoms with E-state index in [1.807, 2.05) is 5.38 Å². The molecule has 31 heavy (non-hydrogen) atoms. The summed E-state index contributed by atoms with van der Waals surface area (Å²) in [7, 11) is 2.19. The van der Waals surface area contributed by atoms with Crippen molar-refractivity contribution in [1.82, 2.24) is 25.0 Å². The molecular formula is C24H37N5OS. The second-order valence-corrected chi connectivity index (χ2v) is 9.19. The van der Waals surface area contributed by atoms with Crippen LogP contribution in [0.3, 0.4) is 0 Å². The lowest BCUT2D eigenvalue weighted by Gasteiger charge is -2.32. The molecule has 2 aromatic rings. The Hall–Kier alpha value is -1.80. The van der Waals surface area contributed by atoms with E-state index < -0.39 is 0 Å². The normalized spacial score (nSPS) is 15.5. The molecule has 0 saturated carbocycles. The Morgan fingerprint density at radius 1 is 1.19 bits per heavy atom. The number of nitrogens with zero attached hydrogens (tertiary/aromatic N) is 4. The molecule has 1 fully saturated rings. The summed E-state index contributed by atoms with van der Waals surface area (Å²) in [6.07, 6.45) is 1.33. The van der Waals surface area contributed by atoms with Crippen LogP contribution >= 0.6 is 11.3 Å². The first-order valence-corrected chi connectivity index (χ1v) is 12.4. The van der Waals surface area contributed by atoms with Gasteiger partial charge in [0.15, 0.2) is 0 Å². The monoisotopic (exact) mass is 443 g/mol. The molecular weight excluding hydrogens is 406 g/mol. The molecule has 0 radical (unpaired) electrons. The van der Waals surface area contributed by atoms with Gasteiger partial charge in [-0.15, -0.1) is 11.3 Å². The van der Waals surface area contributed by atoms with E-state index in [1.54, 1.807) is 11.3 Å². The zero-order chi connectivity index (χ0) is 22.1. The van der Waals surface area contributed by atoms with E-state index in [4.69, 9.17) is 4.98 Å². The molecule has 1 saturated heterocycles. The number of amides is 1. The minimum atomic E-state index is 0.0558. The quantitative estimate of drug-likeness (QED) is 0.541. The maximum absolute atomic E-state index is 12.3. The number of hydrogen-bond acceptors (Lipinski definition) is 6. The molecule has 0 bridgehead atoms. The molecule has 2 heterocycles. The SMILES string of the molecule is CCN(CC)CCCNC(=O)Cc1csc(-c2cccc(CN3CCN(C)CC3)c2)n1. The number of carbonyl (C=O) groups excluding carboxylic acids is 1. The van der Waals surface area contributed by atoms with Crippen molar-refractivity contribution in [1.29, 1.82) is 0 Å². The molecule has 170 valence electrons. The second kappa shape index (κ2) is 12.3. The smallest absolute Gasteiger partial charge is 0.226 e. The highest BCUT2D eigenvalue weighted by Gasteiger charge is 2.15.